The second-order valence-corrected chi connectivity index (χ2v) is 6.08. The van der Waals surface area contributed by atoms with Crippen molar-refractivity contribution < 1.29 is 14.5 Å². The maximum atomic E-state index is 12.1. The van der Waals surface area contributed by atoms with Crippen LogP contribution in [0.2, 0.25) is 0 Å². The second-order valence-electron chi connectivity index (χ2n) is 6.08. The summed E-state index contributed by atoms with van der Waals surface area (Å²) in [7, 11) is 0. The van der Waals surface area contributed by atoms with Crippen molar-refractivity contribution in [1.29, 1.82) is 0 Å². The number of nitro benzene ring substituents is 1. The van der Waals surface area contributed by atoms with Gasteiger partial charge in [-0.3, -0.25) is 10.1 Å². The number of hydrogen-bond donors (Lipinski definition) is 1. The Kier molecular flexibility index (Phi) is 4.36. The van der Waals surface area contributed by atoms with Gasteiger partial charge in [-0.25, -0.2) is 4.79 Å². The first-order chi connectivity index (χ1) is 11.1. The van der Waals surface area contributed by atoms with E-state index >= 15 is 0 Å². The zero-order valence-electron chi connectivity index (χ0n) is 13.1. The Hall–Kier alpha value is -2.31. The van der Waals surface area contributed by atoms with Crippen molar-refractivity contribution in [2.45, 2.75) is 50.7 Å². The van der Waals surface area contributed by atoms with Crippen LogP contribution in [-0.4, -0.2) is 40.6 Å². The number of nitrogens with one attached hydrogen (secondary N) is 1. The van der Waals surface area contributed by atoms with Gasteiger partial charge in [0.05, 0.1) is 11.5 Å². The van der Waals surface area contributed by atoms with Crippen LogP contribution in [0.3, 0.4) is 0 Å². The maximum absolute atomic E-state index is 12.1. The number of para-hydroxylation sites is 2. The van der Waals surface area contributed by atoms with E-state index in [0.29, 0.717) is 12.3 Å². The van der Waals surface area contributed by atoms with Gasteiger partial charge < -0.3 is 15.0 Å². The molecule has 0 aliphatic carbocycles. The third-order valence-electron chi connectivity index (χ3n) is 4.67. The molecule has 1 amide bonds. The Balaban J connectivity index is 1.70. The first kappa shape index (κ1) is 15.6. The van der Waals surface area contributed by atoms with Gasteiger partial charge in [-0.2, -0.15) is 0 Å². The maximum Gasteiger partial charge on any atom is 0.410 e. The average molecular weight is 319 g/mol. The Bertz CT molecular complexity index is 593. The minimum atomic E-state index is -0.370. The summed E-state index contributed by atoms with van der Waals surface area (Å²) in [5, 5.41) is 14.4. The van der Waals surface area contributed by atoms with Gasteiger partial charge in [-0.1, -0.05) is 12.1 Å². The summed E-state index contributed by atoms with van der Waals surface area (Å²) >= 11 is 0. The lowest BCUT2D eigenvalue weighted by molar-refractivity contribution is -0.384. The molecule has 2 saturated heterocycles. The summed E-state index contributed by atoms with van der Waals surface area (Å²) in [6, 6.07) is 7.15. The van der Waals surface area contributed by atoms with Gasteiger partial charge in [-0.15, -0.1) is 0 Å². The number of ether oxygens (including phenoxy) is 1. The summed E-state index contributed by atoms with van der Waals surface area (Å²) < 4.78 is 5.14. The largest absolute Gasteiger partial charge is 0.450 e. The summed E-state index contributed by atoms with van der Waals surface area (Å²) in [4.78, 5) is 24.7. The number of nitro groups is 1. The monoisotopic (exact) mass is 319 g/mol. The lowest BCUT2D eigenvalue weighted by Gasteiger charge is -2.38. The number of nitrogens with zero attached hydrogens (tertiary/aromatic N) is 2. The number of carbonyl (C=O) groups is 1. The summed E-state index contributed by atoms with van der Waals surface area (Å²) in [6.45, 7) is 2.19. The van der Waals surface area contributed by atoms with Crippen molar-refractivity contribution >= 4 is 17.5 Å². The minimum absolute atomic E-state index is 0.0904. The molecule has 2 aliphatic rings. The number of anilines is 1. The molecule has 0 aromatic heterocycles. The van der Waals surface area contributed by atoms with Crippen LogP contribution in [0.5, 0.6) is 0 Å². The highest BCUT2D eigenvalue weighted by Crippen LogP contribution is 2.38. The number of piperidine rings is 1. The molecule has 1 aromatic rings. The first-order valence-electron chi connectivity index (χ1n) is 8.05. The van der Waals surface area contributed by atoms with E-state index in [-0.39, 0.29) is 34.8 Å². The van der Waals surface area contributed by atoms with Crippen LogP contribution in [0.15, 0.2) is 24.3 Å². The zero-order valence-corrected chi connectivity index (χ0v) is 13.1. The quantitative estimate of drug-likeness (QED) is 0.680. The number of benzene rings is 1. The molecule has 2 aliphatic heterocycles. The standard InChI is InChI=1S/C16H21N3O4/c1-2-23-16(20)18-12-7-8-13(18)10-11(9-12)17-14-5-3-4-6-15(14)19(21)22/h3-6,11-13,17H,2,7-10H2,1H3/t11?,12-,13+. The van der Waals surface area contributed by atoms with Crippen molar-refractivity contribution in [2.75, 3.05) is 11.9 Å². The van der Waals surface area contributed by atoms with Crippen LogP contribution in [0.25, 0.3) is 0 Å². The molecule has 1 unspecified atom stereocenters. The van der Waals surface area contributed by atoms with Crippen molar-refractivity contribution in [3.63, 3.8) is 0 Å². The third kappa shape index (κ3) is 3.09. The molecule has 3 rings (SSSR count). The second kappa shape index (κ2) is 6.44. The van der Waals surface area contributed by atoms with Gasteiger partial charge in [0.1, 0.15) is 5.69 Å². The van der Waals surface area contributed by atoms with Crippen LogP contribution < -0.4 is 5.32 Å². The van der Waals surface area contributed by atoms with Crippen LogP contribution >= 0.6 is 0 Å². The van der Waals surface area contributed by atoms with E-state index < -0.39 is 0 Å². The normalized spacial score (nSPS) is 26.0. The molecule has 23 heavy (non-hydrogen) atoms. The fourth-order valence-corrected chi connectivity index (χ4v) is 3.77. The Morgan fingerprint density at radius 1 is 1.35 bits per heavy atom. The highest BCUT2D eigenvalue weighted by Gasteiger charge is 2.44. The fraction of sp³-hybridized carbons (Fsp3) is 0.562. The lowest BCUT2D eigenvalue weighted by Crippen LogP contribution is -2.49. The van der Waals surface area contributed by atoms with E-state index in [1.807, 2.05) is 11.8 Å². The zero-order chi connectivity index (χ0) is 16.4. The fourth-order valence-electron chi connectivity index (χ4n) is 3.77. The number of carbonyl (C=O) groups excluding carboxylic acids is 1. The first-order valence-corrected chi connectivity index (χ1v) is 8.05. The van der Waals surface area contributed by atoms with Crippen LogP contribution in [0.1, 0.15) is 32.6 Å². The Morgan fingerprint density at radius 3 is 2.61 bits per heavy atom. The van der Waals surface area contributed by atoms with Gasteiger partial charge in [0.15, 0.2) is 0 Å². The smallest absolute Gasteiger partial charge is 0.410 e. The molecule has 3 atom stereocenters. The molecule has 1 aromatic carbocycles. The van der Waals surface area contributed by atoms with E-state index in [9.17, 15) is 14.9 Å². The Morgan fingerprint density at radius 2 is 2.00 bits per heavy atom. The summed E-state index contributed by atoms with van der Waals surface area (Å²) in [5.74, 6) is 0. The SMILES string of the molecule is CCOC(=O)N1[C@@H]2CC[C@H]1CC(Nc1ccccc1[N+](=O)[O-])C2. The predicted octanol–water partition coefficient (Wildman–Crippen LogP) is 3.16. The van der Waals surface area contributed by atoms with Gasteiger partial charge in [0, 0.05) is 24.2 Å². The molecule has 0 radical (unpaired) electrons. The van der Waals surface area contributed by atoms with E-state index in [4.69, 9.17) is 4.74 Å². The average Bonchev–Trinajstić information content (AvgIpc) is 2.79. The van der Waals surface area contributed by atoms with E-state index in [1.54, 1.807) is 18.2 Å². The minimum Gasteiger partial charge on any atom is -0.450 e. The van der Waals surface area contributed by atoms with Crippen LogP contribution in [-0.2, 0) is 4.74 Å². The number of hydrogen-bond acceptors (Lipinski definition) is 5. The van der Waals surface area contributed by atoms with E-state index in [0.717, 1.165) is 25.7 Å². The number of fused-ring (bicyclic) bond motifs is 2. The van der Waals surface area contributed by atoms with Crippen molar-refractivity contribution in [3.05, 3.63) is 34.4 Å². The highest BCUT2D eigenvalue weighted by molar-refractivity contribution is 5.69. The molecular weight excluding hydrogens is 298 g/mol. The molecule has 124 valence electrons. The topological polar surface area (TPSA) is 84.7 Å². The molecule has 7 heteroatoms. The van der Waals surface area contributed by atoms with Gasteiger partial charge in [0.25, 0.3) is 5.69 Å². The summed E-state index contributed by atoms with van der Waals surface area (Å²) in [6.07, 6.45) is 3.30. The molecule has 0 saturated carbocycles. The number of rotatable bonds is 4. The van der Waals surface area contributed by atoms with Crippen molar-refractivity contribution in [2.24, 2.45) is 0 Å². The van der Waals surface area contributed by atoms with Gasteiger partial charge in [-0.05, 0) is 38.7 Å². The van der Waals surface area contributed by atoms with E-state index in [2.05, 4.69) is 5.32 Å². The Labute approximate surface area is 134 Å². The molecule has 2 heterocycles. The van der Waals surface area contributed by atoms with Crippen molar-refractivity contribution in [3.8, 4) is 0 Å². The van der Waals surface area contributed by atoms with Gasteiger partial charge in [0.2, 0.25) is 0 Å². The molecular formula is C16H21N3O4. The summed E-state index contributed by atoms with van der Waals surface area (Å²) in [5.41, 5.74) is 0.638. The van der Waals surface area contributed by atoms with E-state index in [1.165, 1.54) is 6.07 Å². The van der Waals surface area contributed by atoms with Crippen LogP contribution in [0.4, 0.5) is 16.2 Å². The molecule has 2 fully saturated rings. The molecule has 2 bridgehead atoms. The predicted molar refractivity (Wildman–Crippen MR) is 85.4 cm³/mol. The van der Waals surface area contributed by atoms with Gasteiger partial charge >= 0.3 is 6.09 Å². The lowest BCUT2D eigenvalue weighted by atomic mass is 9.97. The number of amides is 1. The molecule has 1 N–H and O–H groups in total. The van der Waals surface area contributed by atoms with Crippen molar-refractivity contribution in [1.82, 2.24) is 4.90 Å². The third-order valence-corrected chi connectivity index (χ3v) is 4.67. The van der Waals surface area contributed by atoms with Crippen LogP contribution in [0, 0.1) is 10.1 Å². The highest BCUT2D eigenvalue weighted by atomic mass is 16.6. The molecule has 7 nitrogen and oxygen atoms in total. The molecule has 0 spiro atoms.